The molecule has 0 aromatic heterocycles. The smallest absolute Gasteiger partial charge is 0.0991 e. The summed E-state index contributed by atoms with van der Waals surface area (Å²) in [6.07, 6.45) is 0. The Hall–Kier alpha value is -1.49. The maximum Gasteiger partial charge on any atom is 0.0991 e. The van der Waals surface area contributed by atoms with E-state index in [0.29, 0.717) is 5.56 Å². The summed E-state index contributed by atoms with van der Waals surface area (Å²) in [5, 5.41) is 8.59. The van der Waals surface area contributed by atoms with Gasteiger partial charge in [0.05, 0.1) is 11.6 Å². The van der Waals surface area contributed by atoms with Crippen molar-refractivity contribution in [3.8, 4) is 6.07 Å². The first-order valence-corrected chi connectivity index (χ1v) is 3.42. The van der Waals surface area contributed by atoms with Gasteiger partial charge in [-0.2, -0.15) is 5.26 Å². The molecule has 0 saturated carbocycles. The summed E-state index contributed by atoms with van der Waals surface area (Å²) in [6.45, 7) is 3.81. The molecule has 2 heteroatoms. The Labute approximate surface area is 66.3 Å². The quantitative estimate of drug-likeness (QED) is 0.567. The Kier molecular flexibility index (Phi) is 1.82. The third kappa shape index (κ3) is 1.32. The van der Waals surface area contributed by atoms with Gasteiger partial charge in [0.1, 0.15) is 0 Å². The highest BCUT2D eigenvalue weighted by atomic mass is 14.6. The number of benzene rings is 1. The number of nitrogens with two attached hydrogens (primary N) is 1. The van der Waals surface area contributed by atoms with Gasteiger partial charge in [-0.15, -0.1) is 0 Å². The largest absolute Gasteiger partial charge is 0.398 e. The molecule has 2 nitrogen and oxygen atoms in total. The van der Waals surface area contributed by atoms with Crippen molar-refractivity contribution in [2.45, 2.75) is 13.8 Å². The average Bonchev–Trinajstić information content (AvgIpc) is 1.99. The van der Waals surface area contributed by atoms with Gasteiger partial charge < -0.3 is 5.73 Å². The van der Waals surface area contributed by atoms with E-state index in [1.807, 2.05) is 13.8 Å². The topological polar surface area (TPSA) is 49.8 Å². The first-order chi connectivity index (χ1) is 5.15. The van der Waals surface area contributed by atoms with Crippen molar-refractivity contribution in [3.05, 3.63) is 28.8 Å². The monoisotopic (exact) mass is 146 g/mol. The summed E-state index contributed by atoms with van der Waals surface area (Å²) in [4.78, 5) is 0. The molecule has 11 heavy (non-hydrogen) atoms. The van der Waals surface area contributed by atoms with Crippen molar-refractivity contribution in [2.75, 3.05) is 5.73 Å². The molecule has 0 saturated heterocycles. The van der Waals surface area contributed by atoms with E-state index in [4.69, 9.17) is 11.0 Å². The van der Waals surface area contributed by atoms with Crippen LogP contribution in [-0.4, -0.2) is 0 Å². The van der Waals surface area contributed by atoms with Crippen LogP contribution in [0.5, 0.6) is 0 Å². The summed E-state index contributed by atoms with van der Waals surface area (Å²) < 4.78 is 0. The normalized spacial score (nSPS) is 9.18. The van der Waals surface area contributed by atoms with Crippen LogP contribution in [0.2, 0.25) is 0 Å². The number of anilines is 1. The van der Waals surface area contributed by atoms with E-state index in [9.17, 15) is 0 Å². The standard InChI is InChI=1S/C9H10N2/c1-6-3-8(5-10)4-7(2)9(6)11/h3-4H,11H2,1-2H3. The third-order valence-electron chi connectivity index (χ3n) is 1.72. The third-order valence-corrected chi connectivity index (χ3v) is 1.72. The fourth-order valence-corrected chi connectivity index (χ4v) is 1.04. The lowest BCUT2D eigenvalue weighted by Crippen LogP contribution is -1.94. The number of aryl methyl sites for hydroxylation is 2. The molecule has 56 valence electrons. The molecule has 0 unspecified atom stereocenters. The van der Waals surface area contributed by atoms with Crippen molar-refractivity contribution >= 4 is 5.69 Å². The van der Waals surface area contributed by atoms with Gasteiger partial charge in [-0.1, -0.05) is 0 Å². The summed E-state index contributed by atoms with van der Waals surface area (Å²) in [5.41, 5.74) is 9.10. The first kappa shape index (κ1) is 7.62. The molecule has 0 aliphatic carbocycles. The van der Waals surface area contributed by atoms with Gasteiger partial charge in [0.2, 0.25) is 0 Å². The molecule has 0 radical (unpaired) electrons. The Morgan fingerprint density at radius 1 is 1.27 bits per heavy atom. The van der Waals surface area contributed by atoms with Gasteiger partial charge in [0.25, 0.3) is 0 Å². The van der Waals surface area contributed by atoms with Gasteiger partial charge in [-0.05, 0) is 37.1 Å². The van der Waals surface area contributed by atoms with E-state index in [1.54, 1.807) is 12.1 Å². The fourth-order valence-electron chi connectivity index (χ4n) is 1.04. The maximum atomic E-state index is 8.59. The summed E-state index contributed by atoms with van der Waals surface area (Å²) in [7, 11) is 0. The fraction of sp³-hybridized carbons (Fsp3) is 0.222. The zero-order valence-corrected chi connectivity index (χ0v) is 6.68. The zero-order valence-electron chi connectivity index (χ0n) is 6.68. The van der Waals surface area contributed by atoms with Gasteiger partial charge in [0, 0.05) is 5.69 Å². The van der Waals surface area contributed by atoms with Crippen LogP contribution in [0.15, 0.2) is 12.1 Å². The van der Waals surface area contributed by atoms with Crippen LogP contribution in [0.4, 0.5) is 5.69 Å². The molecule has 1 aromatic carbocycles. The molecule has 0 aliphatic heterocycles. The molecule has 1 rings (SSSR count). The summed E-state index contributed by atoms with van der Waals surface area (Å²) >= 11 is 0. The van der Waals surface area contributed by atoms with E-state index in [2.05, 4.69) is 6.07 Å². The van der Waals surface area contributed by atoms with Gasteiger partial charge >= 0.3 is 0 Å². The molecule has 0 heterocycles. The predicted molar refractivity (Wildman–Crippen MR) is 45.0 cm³/mol. The molecule has 1 aromatic rings. The second-order valence-corrected chi connectivity index (χ2v) is 2.64. The molecular weight excluding hydrogens is 136 g/mol. The molecule has 0 spiro atoms. The molecule has 2 N–H and O–H groups in total. The Balaban J connectivity index is 3.35. The molecular formula is C9H10N2. The number of hydrogen-bond donors (Lipinski definition) is 1. The van der Waals surface area contributed by atoms with Gasteiger partial charge in [-0.25, -0.2) is 0 Å². The van der Waals surface area contributed by atoms with Crippen LogP contribution in [0.25, 0.3) is 0 Å². The van der Waals surface area contributed by atoms with E-state index in [-0.39, 0.29) is 0 Å². The summed E-state index contributed by atoms with van der Waals surface area (Å²) in [6, 6.07) is 5.67. The lowest BCUT2D eigenvalue weighted by Gasteiger charge is -2.03. The molecule has 0 atom stereocenters. The lowest BCUT2D eigenvalue weighted by molar-refractivity contribution is 1.36. The molecule has 0 aliphatic rings. The minimum Gasteiger partial charge on any atom is -0.398 e. The number of hydrogen-bond acceptors (Lipinski definition) is 2. The van der Waals surface area contributed by atoms with Gasteiger partial charge in [-0.3, -0.25) is 0 Å². The number of nitrogens with zero attached hydrogens (tertiary/aromatic N) is 1. The van der Waals surface area contributed by atoms with Crippen molar-refractivity contribution in [1.82, 2.24) is 0 Å². The maximum absolute atomic E-state index is 8.59. The van der Waals surface area contributed by atoms with Crippen LogP contribution in [-0.2, 0) is 0 Å². The highest BCUT2D eigenvalue weighted by molar-refractivity contribution is 5.56. The summed E-state index contributed by atoms with van der Waals surface area (Å²) in [5.74, 6) is 0. The van der Waals surface area contributed by atoms with E-state index in [1.165, 1.54) is 0 Å². The van der Waals surface area contributed by atoms with Crippen molar-refractivity contribution in [1.29, 1.82) is 5.26 Å². The van der Waals surface area contributed by atoms with Crippen molar-refractivity contribution < 1.29 is 0 Å². The second-order valence-electron chi connectivity index (χ2n) is 2.64. The minimum absolute atomic E-state index is 0.675. The number of nitrogen functional groups attached to an aromatic ring is 1. The van der Waals surface area contributed by atoms with Crippen LogP contribution in [0.1, 0.15) is 16.7 Å². The van der Waals surface area contributed by atoms with E-state index >= 15 is 0 Å². The minimum atomic E-state index is 0.675. The Morgan fingerprint density at radius 3 is 2.09 bits per heavy atom. The van der Waals surface area contributed by atoms with E-state index < -0.39 is 0 Å². The zero-order chi connectivity index (χ0) is 8.43. The second kappa shape index (κ2) is 2.63. The predicted octanol–water partition coefficient (Wildman–Crippen LogP) is 1.76. The number of nitriles is 1. The van der Waals surface area contributed by atoms with Crippen molar-refractivity contribution in [2.24, 2.45) is 0 Å². The first-order valence-electron chi connectivity index (χ1n) is 3.42. The average molecular weight is 146 g/mol. The molecule has 0 fully saturated rings. The van der Waals surface area contributed by atoms with Crippen LogP contribution in [0.3, 0.4) is 0 Å². The van der Waals surface area contributed by atoms with Gasteiger partial charge in [0.15, 0.2) is 0 Å². The van der Waals surface area contributed by atoms with E-state index in [0.717, 1.165) is 16.8 Å². The van der Waals surface area contributed by atoms with Crippen LogP contribution in [0, 0.1) is 25.2 Å². The molecule has 0 bridgehead atoms. The SMILES string of the molecule is Cc1cc(C#N)cc(C)c1N. The Morgan fingerprint density at radius 2 is 1.73 bits per heavy atom. The highest BCUT2D eigenvalue weighted by Crippen LogP contribution is 2.17. The van der Waals surface area contributed by atoms with Crippen LogP contribution < -0.4 is 5.73 Å². The Bertz CT molecular complexity index is 298. The molecule has 0 amide bonds. The lowest BCUT2D eigenvalue weighted by atomic mass is 10.1. The highest BCUT2D eigenvalue weighted by Gasteiger charge is 1.99. The number of rotatable bonds is 0. The van der Waals surface area contributed by atoms with Crippen molar-refractivity contribution in [3.63, 3.8) is 0 Å². The van der Waals surface area contributed by atoms with Crippen LogP contribution >= 0.6 is 0 Å².